The lowest BCUT2D eigenvalue weighted by Crippen LogP contribution is -2.34. The zero-order chi connectivity index (χ0) is 6.57. The lowest BCUT2D eigenvalue weighted by atomic mass is 9.99. The van der Waals surface area contributed by atoms with Crippen LogP contribution in [0.1, 0.15) is 6.92 Å². The van der Waals surface area contributed by atoms with Crippen molar-refractivity contribution in [2.45, 2.75) is 12.9 Å². The average molecular weight is 111 g/mol. The molecule has 0 saturated carbocycles. The first-order valence-electron chi connectivity index (χ1n) is 2.15. The first kappa shape index (κ1) is 7.20. The maximum absolute atomic E-state index is 10.1. The summed E-state index contributed by atoms with van der Waals surface area (Å²) < 4.78 is 0. The number of aldehydes is 1. The zero-order valence-electron chi connectivity index (χ0n) is 4.55. The average Bonchev–Trinajstić information content (AvgIpc) is 1.65. The van der Waals surface area contributed by atoms with Crippen LogP contribution in [-0.4, -0.2) is 26.0 Å². The minimum absolute atomic E-state index is 0.301. The fourth-order valence-corrected chi connectivity index (χ4v) is 0.269. The van der Waals surface area contributed by atoms with Gasteiger partial charge in [0.05, 0.1) is 0 Å². The Balaban J connectivity index is 3.38. The third-order valence-electron chi connectivity index (χ3n) is 0.517. The molecule has 0 aliphatic carbocycles. The fourth-order valence-electron chi connectivity index (χ4n) is 0.269. The second-order valence-electron chi connectivity index (χ2n) is 1.36. The van der Waals surface area contributed by atoms with Crippen molar-refractivity contribution in [1.29, 1.82) is 0 Å². The van der Waals surface area contributed by atoms with Crippen molar-refractivity contribution < 1.29 is 9.59 Å². The van der Waals surface area contributed by atoms with E-state index in [2.05, 4.69) is 5.32 Å². The third kappa shape index (κ3) is 3.40. The molecule has 0 aliphatic heterocycles. The van der Waals surface area contributed by atoms with Crippen molar-refractivity contribution in [3.63, 3.8) is 0 Å². The van der Waals surface area contributed by atoms with Gasteiger partial charge in [-0.1, -0.05) is 0 Å². The van der Waals surface area contributed by atoms with Crippen LogP contribution in [0.2, 0.25) is 0 Å². The highest BCUT2D eigenvalue weighted by Gasteiger charge is 1.96. The van der Waals surface area contributed by atoms with Crippen molar-refractivity contribution in [2.24, 2.45) is 0 Å². The van der Waals surface area contributed by atoms with Gasteiger partial charge in [-0.2, -0.15) is 0 Å². The first-order valence-corrected chi connectivity index (χ1v) is 2.15. The standard InChI is InChI=1S/C4H6BNO2/c1-3(8)6-4(5)2-7/h2,4H,1H3,(H,6,8)/t4-/m1/s1. The molecule has 2 radical (unpaired) electrons. The lowest BCUT2D eigenvalue weighted by molar-refractivity contribution is -0.121. The van der Waals surface area contributed by atoms with E-state index in [1.54, 1.807) is 0 Å². The van der Waals surface area contributed by atoms with Crippen LogP contribution in [0.4, 0.5) is 0 Å². The summed E-state index contributed by atoms with van der Waals surface area (Å²) in [5, 5.41) is 2.16. The second-order valence-corrected chi connectivity index (χ2v) is 1.36. The van der Waals surface area contributed by atoms with E-state index in [-0.39, 0.29) is 5.91 Å². The summed E-state index contributed by atoms with van der Waals surface area (Å²) in [6.07, 6.45) is 0.460. The van der Waals surface area contributed by atoms with Crippen molar-refractivity contribution in [1.82, 2.24) is 5.32 Å². The van der Waals surface area contributed by atoms with Gasteiger partial charge in [-0.05, 0) is 0 Å². The highest BCUT2D eigenvalue weighted by atomic mass is 16.2. The predicted octanol–water partition coefficient (Wildman–Crippen LogP) is -1.18. The molecule has 0 unspecified atom stereocenters. The summed E-state index contributed by atoms with van der Waals surface area (Å²) in [6, 6.07) is 0. The first-order chi connectivity index (χ1) is 3.66. The normalized spacial score (nSPS) is 12.1. The molecule has 1 N–H and O–H groups in total. The number of rotatable bonds is 2. The van der Waals surface area contributed by atoms with E-state index in [1.165, 1.54) is 6.92 Å². The van der Waals surface area contributed by atoms with Crippen LogP contribution in [0.25, 0.3) is 0 Å². The number of carbonyl (C=O) groups is 2. The number of amides is 1. The van der Waals surface area contributed by atoms with Gasteiger partial charge < -0.3 is 10.1 Å². The number of hydrogen-bond acceptors (Lipinski definition) is 2. The Morgan fingerprint density at radius 2 is 2.38 bits per heavy atom. The molecule has 0 aliphatic rings. The van der Waals surface area contributed by atoms with Crippen molar-refractivity contribution >= 4 is 20.0 Å². The summed E-state index contributed by atoms with van der Waals surface area (Å²) in [7, 11) is 4.97. The second kappa shape index (κ2) is 3.24. The molecule has 0 aromatic carbocycles. The van der Waals surface area contributed by atoms with Crippen LogP contribution in [-0.2, 0) is 9.59 Å². The summed E-state index contributed by atoms with van der Waals surface area (Å²) in [4.78, 5) is 19.8. The molecule has 3 nitrogen and oxygen atoms in total. The molecule has 0 saturated heterocycles. The summed E-state index contributed by atoms with van der Waals surface area (Å²) >= 11 is 0. The summed E-state index contributed by atoms with van der Waals surface area (Å²) in [6.45, 7) is 1.30. The van der Waals surface area contributed by atoms with E-state index in [0.717, 1.165) is 0 Å². The number of hydrogen-bond donors (Lipinski definition) is 1. The van der Waals surface area contributed by atoms with E-state index in [9.17, 15) is 9.59 Å². The summed E-state index contributed by atoms with van der Waals surface area (Å²) in [5.74, 6) is -1.16. The Morgan fingerprint density at radius 1 is 1.88 bits per heavy atom. The molecule has 0 aromatic heterocycles. The fraction of sp³-hybridized carbons (Fsp3) is 0.500. The van der Waals surface area contributed by atoms with E-state index >= 15 is 0 Å². The van der Waals surface area contributed by atoms with Crippen LogP contribution in [0.15, 0.2) is 0 Å². The van der Waals surface area contributed by atoms with Gasteiger partial charge in [-0.15, -0.1) is 0 Å². The maximum Gasteiger partial charge on any atom is 0.216 e. The minimum Gasteiger partial charge on any atom is -0.355 e. The monoisotopic (exact) mass is 111 g/mol. The van der Waals surface area contributed by atoms with Crippen LogP contribution in [0.5, 0.6) is 0 Å². The Bertz CT molecular complexity index is 104. The Labute approximate surface area is 48.9 Å². The van der Waals surface area contributed by atoms with Crippen LogP contribution in [0.3, 0.4) is 0 Å². The van der Waals surface area contributed by atoms with Gasteiger partial charge in [0.25, 0.3) is 0 Å². The Hall–Kier alpha value is -0.795. The molecule has 1 atom stereocenters. The predicted molar refractivity (Wildman–Crippen MR) is 29.4 cm³/mol. The molecule has 0 fully saturated rings. The molecule has 0 bridgehead atoms. The van der Waals surface area contributed by atoms with Crippen LogP contribution in [0, 0.1) is 0 Å². The van der Waals surface area contributed by atoms with Gasteiger partial charge in [-0.25, -0.2) is 0 Å². The molecule has 8 heavy (non-hydrogen) atoms. The molecule has 0 rings (SSSR count). The van der Waals surface area contributed by atoms with Crippen LogP contribution >= 0.6 is 0 Å². The topological polar surface area (TPSA) is 46.2 Å². The maximum atomic E-state index is 10.1. The van der Waals surface area contributed by atoms with Gasteiger partial charge in [0.2, 0.25) is 5.91 Å². The van der Waals surface area contributed by atoms with E-state index in [4.69, 9.17) is 7.85 Å². The SMILES string of the molecule is [B][C@@H](C=O)NC(C)=O. The van der Waals surface area contributed by atoms with Gasteiger partial charge in [0.1, 0.15) is 14.1 Å². The molecule has 42 valence electrons. The van der Waals surface area contributed by atoms with Crippen molar-refractivity contribution in [3.05, 3.63) is 0 Å². The zero-order valence-corrected chi connectivity index (χ0v) is 4.55. The van der Waals surface area contributed by atoms with Gasteiger partial charge in [0, 0.05) is 12.9 Å². The van der Waals surface area contributed by atoms with Crippen molar-refractivity contribution in [3.8, 4) is 0 Å². The number of carbonyl (C=O) groups excluding carboxylic acids is 2. The number of nitrogens with one attached hydrogen (secondary N) is 1. The Kier molecular flexibility index (Phi) is 2.92. The molecular weight excluding hydrogens is 105 g/mol. The Morgan fingerprint density at radius 3 is 2.50 bits per heavy atom. The third-order valence-corrected chi connectivity index (χ3v) is 0.517. The van der Waals surface area contributed by atoms with Gasteiger partial charge in [0.15, 0.2) is 0 Å². The minimum atomic E-state index is -0.854. The van der Waals surface area contributed by atoms with Crippen molar-refractivity contribution in [2.75, 3.05) is 0 Å². The molecule has 0 aromatic rings. The smallest absolute Gasteiger partial charge is 0.216 e. The molecule has 0 heterocycles. The quantitative estimate of drug-likeness (QED) is 0.360. The largest absolute Gasteiger partial charge is 0.355 e. The molecule has 1 amide bonds. The van der Waals surface area contributed by atoms with Crippen LogP contribution < -0.4 is 5.32 Å². The highest BCUT2D eigenvalue weighted by Crippen LogP contribution is 1.65. The van der Waals surface area contributed by atoms with Gasteiger partial charge in [-0.3, -0.25) is 4.79 Å². The van der Waals surface area contributed by atoms with E-state index in [0.29, 0.717) is 6.29 Å². The highest BCUT2D eigenvalue weighted by molar-refractivity contribution is 6.21. The molecule has 4 heteroatoms. The molecule has 0 spiro atoms. The molecular formula is C4H6BNO2. The van der Waals surface area contributed by atoms with E-state index < -0.39 is 5.94 Å². The van der Waals surface area contributed by atoms with Gasteiger partial charge >= 0.3 is 0 Å². The van der Waals surface area contributed by atoms with E-state index in [1.807, 2.05) is 0 Å². The lowest BCUT2D eigenvalue weighted by Gasteiger charge is -2.01. The summed E-state index contributed by atoms with van der Waals surface area (Å²) in [5.41, 5.74) is 0.